The van der Waals surface area contributed by atoms with Crippen molar-refractivity contribution in [1.29, 1.82) is 0 Å². The first-order valence-corrected chi connectivity index (χ1v) is 8.07. The lowest BCUT2D eigenvalue weighted by Crippen LogP contribution is -2.35. The highest BCUT2D eigenvalue weighted by Crippen LogP contribution is 2.40. The molecule has 1 aromatic carbocycles. The molecule has 2 N–H and O–H groups in total. The third-order valence-corrected chi connectivity index (χ3v) is 4.11. The van der Waals surface area contributed by atoms with Gasteiger partial charge in [-0.3, -0.25) is 4.79 Å². The Morgan fingerprint density at radius 2 is 2.00 bits per heavy atom. The molecular formula is C18H27NO3. The quantitative estimate of drug-likeness (QED) is 0.897. The summed E-state index contributed by atoms with van der Waals surface area (Å²) in [5.74, 6) is 0.856. The Morgan fingerprint density at radius 3 is 2.59 bits per heavy atom. The fraction of sp³-hybridized carbons (Fsp3) is 0.611. The van der Waals surface area contributed by atoms with Crippen molar-refractivity contribution in [1.82, 2.24) is 5.32 Å². The third-order valence-electron chi connectivity index (χ3n) is 4.11. The number of aliphatic hydroxyl groups excluding tert-OH is 1. The van der Waals surface area contributed by atoms with Crippen LogP contribution >= 0.6 is 0 Å². The Labute approximate surface area is 132 Å². The van der Waals surface area contributed by atoms with E-state index in [0.717, 1.165) is 28.9 Å². The number of aryl methyl sites for hydroxylation is 1. The molecule has 0 radical (unpaired) electrons. The van der Waals surface area contributed by atoms with Crippen molar-refractivity contribution in [2.75, 3.05) is 6.61 Å². The van der Waals surface area contributed by atoms with Crippen LogP contribution in [-0.4, -0.2) is 17.6 Å². The summed E-state index contributed by atoms with van der Waals surface area (Å²) < 4.78 is 5.84. The molecule has 22 heavy (non-hydrogen) atoms. The van der Waals surface area contributed by atoms with Crippen molar-refractivity contribution >= 4 is 5.91 Å². The minimum atomic E-state index is -0.562. The van der Waals surface area contributed by atoms with Crippen LogP contribution in [0, 0.1) is 18.8 Å². The van der Waals surface area contributed by atoms with Gasteiger partial charge in [-0.05, 0) is 18.9 Å². The second kappa shape index (κ2) is 6.69. The van der Waals surface area contributed by atoms with E-state index in [1.54, 1.807) is 0 Å². The predicted molar refractivity (Wildman–Crippen MR) is 86.8 cm³/mol. The van der Waals surface area contributed by atoms with Gasteiger partial charge in [-0.1, -0.05) is 39.3 Å². The molecule has 0 aliphatic carbocycles. The number of fused-ring (bicyclic) bond motifs is 1. The molecule has 0 bridgehead atoms. The van der Waals surface area contributed by atoms with Gasteiger partial charge in [-0.2, -0.15) is 0 Å². The standard InChI is InChI=1S/C18H27NO3/c1-10(2)16(20)14-9-12(5)8-13-15(6-7-22-17(13)14)19-18(21)11(3)4/h8-11,15-16,20H,6-7H2,1-5H3,(H,19,21). The third kappa shape index (κ3) is 3.43. The molecule has 1 aliphatic rings. The van der Waals surface area contributed by atoms with Crippen LogP contribution in [0.2, 0.25) is 0 Å². The second-order valence-corrected chi connectivity index (χ2v) is 6.81. The molecule has 0 saturated heterocycles. The number of nitrogens with one attached hydrogen (secondary N) is 1. The molecule has 1 heterocycles. The normalized spacial score (nSPS) is 18.8. The minimum Gasteiger partial charge on any atom is -0.493 e. The van der Waals surface area contributed by atoms with E-state index in [9.17, 15) is 9.90 Å². The molecule has 0 spiro atoms. The van der Waals surface area contributed by atoms with Crippen LogP contribution < -0.4 is 10.1 Å². The second-order valence-electron chi connectivity index (χ2n) is 6.81. The molecule has 1 aromatic rings. The van der Waals surface area contributed by atoms with Crippen LogP contribution in [-0.2, 0) is 4.79 Å². The van der Waals surface area contributed by atoms with E-state index in [1.807, 2.05) is 40.7 Å². The fourth-order valence-corrected chi connectivity index (χ4v) is 2.76. The van der Waals surface area contributed by atoms with Gasteiger partial charge < -0.3 is 15.2 Å². The number of aliphatic hydroxyl groups is 1. The highest BCUT2D eigenvalue weighted by atomic mass is 16.5. The first kappa shape index (κ1) is 16.8. The van der Waals surface area contributed by atoms with Gasteiger partial charge in [0.1, 0.15) is 5.75 Å². The molecule has 1 aliphatic heterocycles. The number of carbonyl (C=O) groups is 1. The Bertz CT molecular complexity index is 552. The van der Waals surface area contributed by atoms with Gasteiger partial charge in [0.25, 0.3) is 0 Å². The summed E-state index contributed by atoms with van der Waals surface area (Å²) in [5.41, 5.74) is 2.88. The Balaban J connectivity index is 2.40. The molecular weight excluding hydrogens is 278 g/mol. The molecule has 2 rings (SSSR count). The maximum atomic E-state index is 12.0. The number of rotatable bonds is 4. The van der Waals surface area contributed by atoms with E-state index in [4.69, 9.17) is 4.74 Å². The number of carbonyl (C=O) groups excluding carboxylic acids is 1. The van der Waals surface area contributed by atoms with Gasteiger partial charge in [0.15, 0.2) is 0 Å². The van der Waals surface area contributed by atoms with Crippen molar-refractivity contribution < 1.29 is 14.6 Å². The molecule has 2 unspecified atom stereocenters. The first-order valence-electron chi connectivity index (χ1n) is 8.07. The molecule has 2 atom stereocenters. The van der Waals surface area contributed by atoms with Crippen LogP contribution in [0.5, 0.6) is 5.75 Å². The van der Waals surface area contributed by atoms with Gasteiger partial charge in [-0.25, -0.2) is 0 Å². The Kier molecular flexibility index (Phi) is 5.12. The first-order chi connectivity index (χ1) is 10.3. The maximum absolute atomic E-state index is 12.0. The maximum Gasteiger partial charge on any atom is 0.223 e. The fourth-order valence-electron chi connectivity index (χ4n) is 2.76. The van der Waals surface area contributed by atoms with Crippen LogP contribution in [0.3, 0.4) is 0 Å². The molecule has 122 valence electrons. The van der Waals surface area contributed by atoms with Gasteiger partial charge in [0.2, 0.25) is 5.91 Å². The molecule has 4 nitrogen and oxygen atoms in total. The number of hydrogen-bond acceptors (Lipinski definition) is 3. The summed E-state index contributed by atoms with van der Waals surface area (Å²) in [6.07, 6.45) is 0.194. The molecule has 0 saturated carbocycles. The zero-order valence-corrected chi connectivity index (χ0v) is 14.1. The molecule has 1 amide bonds. The summed E-state index contributed by atoms with van der Waals surface area (Å²) >= 11 is 0. The Hall–Kier alpha value is -1.55. The summed E-state index contributed by atoms with van der Waals surface area (Å²) in [6, 6.07) is 3.99. The van der Waals surface area contributed by atoms with Crippen molar-refractivity contribution in [3.63, 3.8) is 0 Å². The number of amides is 1. The molecule has 0 aromatic heterocycles. The lowest BCUT2D eigenvalue weighted by molar-refractivity contribution is -0.124. The number of hydrogen-bond donors (Lipinski definition) is 2. The van der Waals surface area contributed by atoms with Crippen LogP contribution in [0.15, 0.2) is 12.1 Å². The molecule has 0 fully saturated rings. The highest BCUT2D eigenvalue weighted by molar-refractivity contribution is 5.78. The zero-order valence-electron chi connectivity index (χ0n) is 14.1. The number of benzene rings is 1. The van der Waals surface area contributed by atoms with E-state index < -0.39 is 6.10 Å². The zero-order chi connectivity index (χ0) is 16.4. The summed E-state index contributed by atoms with van der Waals surface area (Å²) in [6.45, 7) is 10.3. The summed E-state index contributed by atoms with van der Waals surface area (Å²) in [4.78, 5) is 12.0. The van der Waals surface area contributed by atoms with E-state index in [2.05, 4.69) is 11.4 Å². The van der Waals surface area contributed by atoms with Crippen molar-refractivity contribution in [3.8, 4) is 5.75 Å². The highest BCUT2D eigenvalue weighted by Gasteiger charge is 2.29. The lowest BCUT2D eigenvalue weighted by atomic mass is 9.90. The van der Waals surface area contributed by atoms with Gasteiger partial charge in [0, 0.05) is 23.5 Å². The van der Waals surface area contributed by atoms with Crippen LogP contribution in [0.1, 0.15) is 63.0 Å². The Morgan fingerprint density at radius 1 is 1.32 bits per heavy atom. The summed E-state index contributed by atoms with van der Waals surface area (Å²) in [7, 11) is 0. The van der Waals surface area contributed by atoms with Gasteiger partial charge in [-0.15, -0.1) is 0 Å². The predicted octanol–water partition coefficient (Wildman–Crippen LogP) is 3.28. The van der Waals surface area contributed by atoms with Crippen molar-refractivity contribution in [3.05, 3.63) is 28.8 Å². The lowest BCUT2D eigenvalue weighted by Gasteiger charge is -2.31. The SMILES string of the molecule is Cc1cc2c(c(C(O)C(C)C)c1)OCCC2NC(=O)C(C)C. The smallest absolute Gasteiger partial charge is 0.223 e. The number of ether oxygens (including phenoxy) is 1. The van der Waals surface area contributed by atoms with Crippen LogP contribution in [0.25, 0.3) is 0 Å². The van der Waals surface area contributed by atoms with Crippen molar-refractivity contribution in [2.24, 2.45) is 11.8 Å². The van der Waals surface area contributed by atoms with Gasteiger partial charge >= 0.3 is 0 Å². The average Bonchev–Trinajstić information content (AvgIpc) is 2.46. The van der Waals surface area contributed by atoms with Gasteiger partial charge in [0.05, 0.1) is 18.8 Å². The molecule has 4 heteroatoms. The van der Waals surface area contributed by atoms with E-state index in [0.29, 0.717) is 6.61 Å². The van der Waals surface area contributed by atoms with Crippen molar-refractivity contribution in [2.45, 2.75) is 53.2 Å². The van der Waals surface area contributed by atoms with Crippen LogP contribution in [0.4, 0.5) is 0 Å². The largest absolute Gasteiger partial charge is 0.493 e. The monoisotopic (exact) mass is 305 g/mol. The minimum absolute atomic E-state index is 0.0446. The van der Waals surface area contributed by atoms with E-state index >= 15 is 0 Å². The van der Waals surface area contributed by atoms with E-state index in [-0.39, 0.29) is 23.8 Å². The topological polar surface area (TPSA) is 58.6 Å². The average molecular weight is 305 g/mol. The van der Waals surface area contributed by atoms with E-state index in [1.165, 1.54) is 0 Å². The summed E-state index contributed by atoms with van der Waals surface area (Å²) in [5, 5.41) is 13.6.